The molecule has 26 heavy (non-hydrogen) atoms. The minimum Gasteiger partial charge on any atom is -0.336 e. The van der Waals surface area contributed by atoms with E-state index in [9.17, 15) is 13.2 Å². The molecule has 0 aliphatic carbocycles. The van der Waals surface area contributed by atoms with Gasteiger partial charge in [0.1, 0.15) is 0 Å². The molecule has 0 aromatic heterocycles. The molecule has 6 nitrogen and oxygen atoms in total. The third-order valence-corrected chi connectivity index (χ3v) is 5.17. The van der Waals surface area contributed by atoms with E-state index in [0.717, 1.165) is 17.4 Å². The Balaban J connectivity index is 1.87. The Morgan fingerprint density at radius 2 is 1.85 bits per heavy atom. The lowest BCUT2D eigenvalue weighted by atomic mass is 9.95. The Bertz CT molecular complexity index is 913. The molecule has 1 aliphatic heterocycles. The Kier molecular flexibility index (Phi) is 5.02. The number of carbonyl (C=O) groups excluding carboxylic acids is 1. The van der Waals surface area contributed by atoms with Crippen molar-refractivity contribution < 1.29 is 13.2 Å². The first-order chi connectivity index (χ1) is 12.2. The summed E-state index contributed by atoms with van der Waals surface area (Å²) < 4.78 is 25.7. The second-order valence-corrected chi connectivity index (χ2v) is 8.56. The minimum absolute atomic E-state index is 0.0660. The second kappa shape index (κ2) is 7.09. The van der Waals surface area contributed by atoms with Crippen LogP contribution in [0.1, 0.15) is 27.4 Å². The molecule has 3 rings (SSSR count). The van der Waals surface area contributed by atoms with Gasteiger partial charge in [-0.05, 0) is 24.6 Å². The number of sulfonamides is 1. The summed E-state index contributed by atoms with van der Waals surface area (Å²) in [5.74, 6) is -0.148. The van der Waals surface area contributed by atoms with E-state index in [0.29, 0.717) is 24.3 Å². The number of likely N-dealkylation sites (tertiary alicyclic amines) is 1. The molecule has 1 saturated heterocycles. The Morgan fingerprint density at radius 1 is 1.15 bits per heavy atom. The molecule has 2 aromatic rings. The lowest BCUT2D eigenvalue weighted by molar-refractivity contribution is 0.0790. The average Bonchev–Trinajstić information content (AvgIpc) is 2.97. The maximum atomic E-state index is 13.1. The molecular weight excluding hydrogens is 350 g/mol. The number of benzene rings is 2. The summed E-state index contributed by atoms with van der Waals surface area (Å²) in [6, 6.07) is 14.8. The van der Waals surface area contributed by atoms with Crippen molar-refractivity contribution >= 4 is 21.6 Å². The van der Waals surface area contributed by atoms with Crippen LogP contribution in [-0.2, 0) is 10.0 Å². The van der Waals surface area contributed by atoms with Gasteiger partial charge < -0.3 is 10.6 Å². The molecule has 2 atom stereocenters. The number of nitrogens with zero attached hydrogens (tertiary/aromatic N) is 1. The topological polar surface area (TPSA) is 92.5 Å². The van der Waals surface area contributed by atoms with Gasteiger partial charge in [0, 0.05) is 25.0 Å². The maximum Gasteiger partial charge on any atom is 0.256 e. The Labute approximate surface area is 154 Å². The number of nitrogens with two attached hydrogens (primary N) is 1. The summed E-state index contributed by atoms with van der Waals surface area (Å²) in [6.07, 6.45) is 1.07. The van der Waals surface area contributed by atoms with Gasteiger partial charge in [0.15, 0.2) is 0 Å². The summed E-state index contributed by atoms with van der Waals surface area (Å²) in [5, 5.41) is 0. The maximum absolute atomic E-state index is 13.1. The Morgan fingerprint density at radius 3 is 2.50 bits per heavy atom. The van der Waals surface area contributed by atoms with E-state index in [2.05, 4.69) is 4.72 Å². The monoisotopic (exact) mass is 373 g/mol. The van der Waals surface area contributed by atoms with Crippen LogP contribution in [0.3, 0.4) is 0 Å². The highest BCUT2D eigenvalue weighted by atomic mass is 32.2. The molecule has 1 fully saturated rings. The number of rotatable bonds is 4. The summed E-state index contributed by atoms with van der Waals surface area (Å²) >= 11 is 0. The number of amides is 1. The summed E-state index contributed by atoms with van der Waals surface area (Å²) in [7, 11) is -3.48. The van der Waals surface area contributed by atoms with Crippen LogP contribution in [-0.4, -0.2) is 44.6 Å². The molecule has 0 radical (unpaired) electrons. The van der Waals surface area contributed by atoms with E-state index >= 15 is 0 Å². The summed E-state index contributed by atoms with van der Waals surface area (Å²) in [5.41, 5.74) is 8.91. The summed E-state index contributed by atoms with van der Waals surface area (Å²) in [6.45, 7) is 2.81. The zero-order valence-electron chi connectivity index (χ0n) is 14.8. The van der Waals surface area contributed by atoms with E-state index in [1.54, 1.807) is 23.1 Å². The van der Waals surface area contributed by atoms with Crippen LogP contribution in [0.25, 0.3) is 0 Å². The molecule has 7 heteroatoms. The predicted molar refractivity (Wildman–Crippen MR) is 103 cm³/mol. The zero-order valence-corrected chi connectivity index (χ0v) is 15.7. The predicted octanol–water partition coefficient (Wildman–Crippen LogP) is 1.93. The van der Waals surface area contributed by atoms with E-state index in [1.807, 2.05) is 37.3 Å². The number of hydrogen-bond acceptors (Lipinski definition) is 4. The molecule has 0 unspecified atom stereocenters. The molecular formula is C19H23N3O3S. The van der Waals surface area contributed by atoms with Gasteiger partial charge in [0.05, 0.1) is 17.5 Å². The highest BCUT2D eigenvalue weighted by molar-refractivity contribution is 7.92. The minimum atomic E-state index is -3.48. The van der Waals surface area contributed by atoms with Gasteiger partial charge in [0.25, 0.3) is 5.91 Å². The van der Waals surface area contributed by atoms with Crippen molar-refractivity contribution in [2.75, 3.05) is 24.1 Å². The molecule has 138 valence electrons. The molecule has 3 N–H and O–H groups in total. The molecule has 0 saturated carbocycles. The van der Waals surface area contributed by atoms with Gasteiger partial charge in [-0.15, -0.1) is 0 Å². The van der Waals surface area contributed by atoms with Gasteiger partial charge in [-0.1, -0.05) is 42.0 Å². The van der Waals surface area contributed by atoms with Crippen molar-refractivity contribution in [1.82, 2.24) is 4.90 Å². The fourth-order valence-electron chi connectivity index (χ4n) is 3.34. The summed E-state index contributed by atoms with van der Waals surface area (Å²) in [4.78, 5) is 14.8. The van der Waals surface area contributed by atoms with Crippen molar-refractivity contribution in [3.05, 3.63) is 65.2 Å². The highest BCUT2D eigenvalue weighted by Gasteiger charge is 2.35. The van der Waals surface area contributed by atoms with Gasteiger partial charge in [-0.2, -0.15) is 0 Å². The average molecular weight is 373 g/mol. The van der Waals surface area contributed by atoms with Crippen molar-refractivity contribution in [1.29, 1.82) is 0 Å². The first kappa shape index (κ1) is 18.4. The Hall–Kier alpha value is -2.38. The number of carbonyl (C=O) groups is 1. The quantitative estimate of drug-likeness (QED) is 0.856. The lowest BCUT2D eigenvalue weighted by Crippen LogP contribution is -2.32. The largest absolute Gasteiger partial charge is 0.336 e. The third-order valence-electron chi connectivity index (χ3n) is 4.58. The SMILES string of the molecule is Cc1ccc(NS(C)(=O)=O)c(C(=O)N2C[C@@H](N)[C@H](c3ccccc3)C2)c1. The van der Waals surface area contributed by atoms with Crippen LogP contribution < -0.4 is 10.5 Å². The molecule has 2 aromatic carbocycles. The third kappa shape index (κ3) is 4.05. The van der Waals surface area contributed by atoms with Gasteiger partial charge in [-0.25, -0.2) is 8.42 Å². The fraction of sp³-hybridized carbons (Fsp3) is 0.316. The number of nitrogens with one attached hydrogen (secondary N) is 1. The van der Waals surface area contributed by atoms with E-state index in [1.165, 1.54) is 0 Å². The van der Waals surface area contributed by atoms with Crippen LogP contribution in [0.2, 0.25) is 0 Å². The van der Waals surface area contributed by atoms with Crippen molar-refractivity contribution in [2.45, 2.75) is 18.9 Å². The normalized spacial score (nSPS) is 20.2. The van der Waals surface area contributed by atoms with Crippen LogP contribution in [0.4, 0.5) is 5.69 Å². The smallest absolute Gasteiger partial charge is 0.256 e. The van der Waals surface area contributed by atoms with Crippen LogP contribution in [0.15, 0.2) is 48.5 Å². The van der Waals surface area contributed by atoms with E-state index in [-0.39, 0.29) is 17.9 Å². The van der Waals surface area contributed by atoms with Crippen molar-refractivity contribution in [3.8, 4) is 0 Å². The van der Waals surface area contributed by atoms with Crippen LogP contribution in [0, 0.1) is 6.92 Å². The highest BCUT2D eigenvalue weighted by Crippen LogP contribution is 2.29. The van der Waals surface area contributed by atoms with Crippen LogP contribution >= 0.6 is 0 Å². The van der Waals surface area contributed by atoms with E-state index < -0.39 is 10.0 Å². The zero-order chi connectivity index (χ0) is 18.9. The molecule has 0 bridgehead atoms. The standard InChI is InChI=1S/C19H23N3O3S/c1-13-8-9-18(21-26(2,24)25)15(10-13)19(23)22-11-16(17(20)12-22)14-6-4-3-5-7-14/h3-10,16-17,21H,11-12,20H2,1-2H3/t16-,17+/m0/s1. The number of anilines is 1. The van der Waals surface area contributed by atoms with Crippen LogP contribution in [0.5, 0.6) is 0 Å². The lowest BCUT2D eigenvalue weighted by Gasteiger charge is -2.19. The second-order valence-electron chi connectivity index (χ2n) is 6.81. The first-order valence-corrected chi connectivity index (χ1v) is 10.3. The molecule has 1 heterocycles. The molecule has 1 aliphatic rings. The number of aryl methyl sites for hydroxylation is 1. The van der Waals surface area contributed by atoms with Gasteiger partial charge >= 0.3 is 0 Å². The van der Waals surface area contributed by atoms with Crippen molar-refractivity contribution in [2.24, 2.45) is 5.73 Å². The van der Waals surface area contributed by atoms with Gasteiger partial charge in [0.2, 0.25) is 10.0 Å². The first-order valence-electron chi connectivity index (χ1n) is 8.43. The fourth-order valence-corrected chi connectivity index (χ4v) is 3.92. The molecule has 1 amide bonds. The van der Waals surface area contributed by atoms with E-state index in [4.69, 9.17) is 5.73 Å². The number of hydrogen-bond donors (Lipinski definition) is 2. The van der Waals surface area contributed by atoms with Crippen molar-refractivity contribution in [3.63, 3.8) is 0 Å². The van der Waals surface area contributed by atoms with Gasteiger partial charge in [-0.3, -0.25) is 9.52 Å². The molecule has 0 spiro atoms.